The molecule has 194 valence electrons. The second-order valence-corrected chi connectivity index (χ2v) is 9.38. The van der Waals surface area contributed by atoms with Crippen LogP contribution in [-0.4, -0.2) is 55.0 Å². The van der Waals surface area contributed by atoms with Gasteiger partial charge in [-0.25, -0.2) is 0 Å². The van der Waals surface area contributed by atoms with E-state index >= 15 is 0 Å². The number of likely N-dealkylation sites (N-methyl/N-ethyl adjacent to an activating group) is 2. The van der Waals surface area contributed by atoms with Gasteiger partial charge in [-0.15, -0.1) is 0 Å². The Labute approximate surface area is 223 Å². The molecule has 0 saturated carbocycles. The minimum atomic E-state index is -4.52. The quantitative estimate of drug-likeness (QED) is 0.254. The molecule has 5 nitrogen and oxygen atoms in total. The van der Waals surface area contributed by atoms with Gasteiger partial charge in [-0.2, -0.15) is 13.2 Å². The van der Waals surface area contributed by atoms with E-state index in [0.717, 1.165) is 29.2 Å². The van der Waals surface area contributed by atoms with Crippen molar-refractivity contribution in [3.8, 4) is 28.3 Å². The molecule has 0 radical (unpaired) electrons. The number of alkyl halides is 3. The van der Waals surface area contributed by atoms with Crippen LogP contribution in [0.3, 0.4) is 0 Å². The predicted molar refractivity (Wildman–Crippen MR) is 145 cm³/mol. The standard InChI is InChI=1S/C23H14BrF3N2O.C5H14N2/c24-17-8-6-16(7-9-17)20-11-12-22(19-10-5-15(14-30)13-28-19)29(20)21-4-2-1-3-18(21)23(25,26)27;1-6-4-5-7(2)3/h1-14H;6H,4-5H2,1-3H3. The number of para-hydroxylation sites is 1. The van der Waals surface area contributed by atoms with Gasteiger partial charge in [0.2, 0.25) is 0 Å². The second-order valence-electron chi connectivity index (χ2n) is 8.46. The Kier molecular flexibility index (Phi) is 9.79. The van der Waals surface area contributed by atoms with Crippen molar-refractivity contribution in [2.24, 2.45) is 0 Å². The number of aldehydes is 1. The Morgan fingerprint density at radius 2 is 1.65 bits per heavy atom. The van der Waals surface area contributed by atoms with Crippen LogP contribution in [0.5, 0.6) is 0 Å². The number of rotatable bonds is 7. The van der Waals surface area contributed by atoms with Crippen LogP contribution in [0.4, 0.5) is 13.2 Å². The third-order valence-corrected chi connectivity index (χ3v) is 5.99. The zero-order chi connectivity index (χ0) is 27.0. The molecular weight excluding hydrogens is 545 g/mol. The van der Waals surface area contributed by atoms with Crippen LogP contribution in [0.15, 0.2) is 83.5 Å². The molecule has 0 bridgehead atoms. The molecule has 2 aromatic carbocycles. The fourth-order valence-electron chi connectivity index (χ4n) is 3.61. The van der Waals surface area contributed by atoms with E-state index in [0.29, 0.717) is 28.9 Å². The Balaban J connectivity index is 0.000000479. The highest BCUT2D eigenvalue weighted by molar-refractivity contribution is 9.10. The number of benzene rings is 2. The van der Waals surface area contributed by atoms with Crippen LogP contribution in [0, 0.1) is 0 Å². The van der Waals surface area contributed by atoms with Gasteiger partial charge in [-0.05, 0) is 75.2 Å². The summed E-state index contributed by atoms with van der Waals surface area (Å²) in [6, 6.07) is 19.5. The molecule has 0 spiro atoms. The predicted octanol–water partition coefficient (Wildman–Crippen LogP) is 6.57. The Morgan fingerprint density at radius 1 is 0.973 bits per heavy atom. The van der Waals surface area contributed by atoms with Gasteiger partial charge in [0.25, 0.3) is 0 Å². The molecule has 37 heavy (non-hydrogen) atoms. The maximum absolute atomic E-state index is 13.8. The lowest BCUT2D eigenvalue weighted by Gasteiger charge is -2.19. The number of carbonyl (C=O) groups is 1. The first-order chi connectivity index (χ1) is 17.7. The molecule has 2 aromatic heterocycles. The lowest BCUT2D eigenvalue weighted by atomic mass is 10.1. The van der Waals surface area contributed by atoms with Crippen LogP contribution in [0.1, 0.15) is 15.9 Å². The first-order valence-corrected chi connectivity index (χ1v) is 12.3. The number of nitrogens with one attached hydrogen (secondary N) is 1. The van der Waals surface area contributed by atoms with Gasteiger partial charge in [0, 0.05) is 29.3 Å². The van der Waals surface area contributed by atoms with E-state index in [1.165, 1.54) is 18.3 Å². The SMILES string of the molecule is CNCCN(C)C.O=Cc1ccc(-c2ccc(-c3ccc(Br)cc3)n2-c2ccccc2C(F)(F)F)nc1. The highest BCUT2D eigenvalue weighted by atomic mass is 79.9. The minimum Gasteiger partial charge on any atom is -0.318 e. The molecule has 0 aliphatic carbocycles. The van der Waals surface area contributed by atoms with E-state index in [1.54, 1.807) is 34.9 Å². The average Bonchev–Trinajstić information content (AvgIpc) is 3.33. The average molecular weight is 573 g/mol. The zero-order valence-electron chi connectivity index (χ0n) is 20.8. The number of pyridine rings is 1. The van der Waals surface area contributed by atoms with Crippen molar-refractivity contribution >= 4 is 22.2 Å². The molecule has 0 aliphatic rings. The Morgan fingerprint density at radius 3 is 2.19 bits per heavy atom. The number of carbonyl (C=O) groups excluding carboxylic acids is 1. The summed E-state index contributed by atoms with van der Waals surface area (Å²) >= 11 is 3.38. The number of hydrogen-bond acceptors (Lipinski definition) is 4. The van der Waals surface area contributed by atoms with E-state index in [9.17, 15) is 18.0 Å². The summed E-state index contributed by atoms with van der Waals surface area (Å²) in [4.78, 5) is 17.4. The summed E-state index contributed by atoms with van der Waals surface area (Å²) in [5, 5.41) is 3.06. The summed E-state index contributed by atoms with van der Waals surface area (Å²) in [5.41, 5.74) is 1.94. The van der Waals surface area contributed by atoms with Crippen LogP contribution >= 0.6 is 15.9 Å². The molecule has 1 N–H and O–H groups in total. The van der Waals surface area contributed by atoms with Crippen molar-refractivity contribution < 1.29 is 18.0 Å². The molecule has 0 saturated heterocycles. The van der Waals surface area contributed by atoms with Crippen molar-refractivity contribution in [3.63, 3.8) is 0 Å². The molecule has 0 unspecified atom stereocenters. The number of halogens is 4. The van der Waals surface area contributed by atoms with E-state index in [1.807, 2.05) is 31.3 Å². The van der Waals surface area contributed by atoms with Crippen LogP contribution in [0.2, 0.25) is 0 Å². The molecule has 2 heterocycles. The molecule has 9 heteroatoms. The second kappa shape index (κ2) is 12.8. The van der Waals surface area contributed by atoms with E-state index in [4.69, 9.17) is 0 Å². The van der Waals surface area contributed by atoms with Gasteiger partial charge < -0.3 is 14.8 Å². The van der Waals surface area contributed by atoms with Crippen molar-refractivity contribution in [3.05, 3.63) is 94.6 Å². The summed E-state index contributed by atoms with van der Waals surface area (Å²) in [7, 11) is 6.10. The van der Waals surface area contributed by atoms with Crippen molar-refractivity contribution in [2.75, 3.05) is 34.2 Å². The van der Waals surface area contributed by atoms with Crippen molar-refractivity contribution in [2.45, 2.75) is 6.18 Å². The normalized spacial score (nSPS) is 11.2. The third-order valence-electron chi connectivity index (χ3n) is 5.47. The van der Waals surface area contributed by atoms with Crippen molar-refractivity contribution in [1.29, 1.82) is 0 Å². The lowest BCUT2D eigenvalue weighted by Crippen LogP contribution is -2.23. The third kappa shape index (κ3) is 7.38. The molecule has 0 fully saturated rings. The summed E-state index contributed by atoms with van der Waals surface area (Å²) < 4.78 is 43.8. The van der Waals surface area contributed by atoms with Gasteiger partial charge in [0.05, 0.1) is 28.3 Å². The van der Waals surface area contributed by atoms with Gasteiger partial charge in [0.15, 0.2) is 6.29 Å². The lowest BCUT2D eigenvalue weighted by molar-refractivity contribution is -0.137. The van der Waals surface area contributed by atoms with Gasteiger partial charge in [-0.1, -0.05) is 40.2 Å². The molecule has 4 aromatic rings. The van der Waals surface area contributed by atoms with E-state index < -0.39 is 11.7 Å². The summed E-state index contributed by atoms with van der Waals surface area (Å²) in [5.74, 6) is 0. The number of hydrogen-bond donors (Lipinski definition) is 1. The Bertz CT molecular complexity index is 1300. The van der Waals surface area contributed by atoms with E-state index in [2.05, 4.69) is 45.2 Å². The van der Waals surface area contributed by atoms with Crippen LogP contribution in [0.25, 0.3) is 28.3 Å². The van der Waals surface area contributed by atoms with Gasteiger partial charge in [-0.3, -0.25) is 9.78 Å². The minimum absolute atomic E-state index is 0.00387. The topological polar surface area (TPSA) is 50.2 Å². The largest absolute Gasteiger partial charge is 0.418 e. The number of aromatic nitrogens is 2. The number of nitrogens with zero attached hydrogens (tertiary/aromatic N) is 3. The molecular formula is C28H28BrF3N4O. The highest BCUT2D eigenvalue weighted by Gasteiger charge is 2.34. The monoisotopic (exact) mass is 572 g/mol. The maximum Gasteiger partial charge on any atom is 0.418 e. The molecule has 0 amide bonds. The summed E-state index contributed by atoms with van der Waals surface area (Å²) in [6.07, 6.45) is -2.46. The molecule has 0 atom stereocenters. The molecule has 4 rings (SSSR count). The maximum atomic E-state index is 13.8. The fourth-order valence-corrected chi connectivity index (χ4v) is 3.88. The zero-order valence-corrected chi connectivity index (χ0v) is 22.3. The van der Waals surface area contributed by atoms with Crippen molar-refractivity contribution in [1.82, 2.24) is 19.8 Å². The van der Waals surface area contributed by atoms with Gasteiger partial charge >= 0.3 is 6.18 Å². The summed E-state index contributed by atoms with van der Waals surface area (Å²) in [6.45, 7) is 2.20. The van der Waals surface area contributed by atoms with Crippen LogP contribution in [-0.2, 0) is 6.18 Å². The molecule has 0 aliphatic heterocycles. The first kappa shape index (κ1) is 28.3. The fraction of sp³-hybridized carbons (Fsp3) is 0.214. The smallest absolute Gasteiger partial charge is 0.318 e. The first-order valence-electron chi connectivity index (χ1n) is 11.5. The van der Waals surface area contributed by atoms with Crippen LogP contribution < -0.4 is 5.32 Å². The van der Waals surface area contributed by atoms with Gasteiger partial charge in [0.1, 0.15) is 0 Å². The highest BCUT2D eigenvalue weighted by Crippen LogP contribution is 2.39. The Hall–Kier alpha value is -3.27. The van der Waals surface area contributed by atoms with E-state index in [-0.39, 0.29) is 5.69 Å².